The molecule has 1 heterocycles. The first-order valence-electron chi connectivity index (χ1n) is 4.62. The second-order valence-electron chi connectivity index (χ2n) is 3.23. The Balaban J connectivity index is 2.53. The highest BCUT2D eigenvalue weighted by Crippen LogP contribution is 2.16. The molecule has 0 amide bonds. The molecule has 74 valence electrons. The molecular weight excluding hydrogens is 186 g/mol. The van der Waals surface area contributed by atoms with Gasteiger partial charge in [0.2, 0.25) is 0 Å². The van der Waals surface area contributed by atoms with Crippen molar-refractivity contribution < 1.29 is 0 Å². The maximum atomic E-state index is 7.36. The predicted octanol–water partition coefficient (Wildman–Crippen LogP) is 2.04. The van der Waals surface area contributed by atoms with Crippen LogP contribution in [0.1, 0.15) is 16.7 Å². The molecule has 1 aromatic rings. The molecule has 0 saturated heterocycles. The van der Waals surface area contributed by atoms with Crippen LogP contribution in [0.25, 0.3) is 12.2 Å². The number of hydrogen-bond donors (Lipinski definition) is 2. The average molecular weight is 197 g/mol. The first-order chi connectivity index (χ1) is 7.27. The molecule has 0 aliphatic carbocycles. The van der Waals surface area contributed by atoms with Gasteiger partial charge >= 0.3 is 0 Å². The van der Waals surface area contributed by atoms with Crippen molar-refractivity contribution in [2.45, 2.75) is 0 Å². The normalized spacial score (nSPS) is 13.1. The number of amidine groups is 1. The van der Waals surface area contributed by atoms with Gasteiger partial charge in [0.05, 0.1) is 0 Å². The van der Waals surface area contributed by atoms with Crippen LogP contribution in [-0.2, 0) is 0 Å². The zero-order valence-electron chi connectivity index (χ0n) is 8.14. The van der Waals surface area contributed by atoms with Gasteiger partial charge in [0.1, 0.15) is 5.84 Å². The summed E-state index contributed by atoms with van der Waals surface area (Å²) in [6, 6.07) is 5.68. The van der Waals surface area contributed by atoms with Crippen LogP contribution in [-0.4, -0.2) is 12.1 Å². The number of nitrogens with two attached hydrogens (primary N) is 1. The number of aliphatic imine (C=N–C) groups is 1. The van der Waals surface area contributed by atoms with E-state index in [-0.39, 0.29) is 5.84 Å². The van der Waals surface area contributed by atoms with Gasteiger partial charge in [0, 0.05) is 18.0 Å². The summed E-state index contributed by atoms with van der Waals surface area (Å²) in [5, 5.41) is 7.36. The third-order valence-electron chi connectivity index (χ3n) is 2.19. The Morgan fingerprint density at radius 1 is 1.20 bits per heavy atom. The van der Waals surface area contributed by atoms with Crippen LogP contribution in [0.2, 0.25) is 0 Å². The van der Waals surface area contributed by atoms with E-state index in [2.05, 4.69) is 4.99 Å². The van der Waals surface area contributed by atoms with Crippen molar-refractivity contribution in [3.05, 3.63) is 47.2 Å². The largest absolute Gasteiger partial charge is 0.384 e. The van der Waals surface area contributed by atoms with Crippen molar-refractivity contribution >= 4 is 24.2 Å². The van der Waals surface area contributed by atoms with E-state index in [1.54, 1.807) is 12.4 Å². The standard InChI is InChI=1S/C12H11N3/c13-12(14)11-4-3-9-5-7-15-6-1-2-10(9)8-11/h1-8H,(H3,13,14). The fourth-order valence-corrected chi connectivity index (χ4v) is 1.41. The SMILES string of the molecule is N=C(N)c1ccc2c(c1)C=CC=NC=C2. The molecule has 0 bridgehead atoms. The Bertz CT molecular complexity index is 482. The fourth-order valence-electron chi connectivity index (χ4n) is 1.41. The molecule has 1 aliphatic heterocycles. The Hall–Kier alpha value is -2.16. The highest BCUT2D eigenvalue weighted by molar-refractivity contribution is 5.96. The molecule has 0 spiro atoms. The monoisotopic (exact) mass is 197 g/mol. The molecule has 0 unspecified atom stereocenters. The molecule has 0 radical (unpaired) electrons. The summed E-state index contributed by atoms with van der Waals surface area (Å²) in [5.74, 6) is 0.0888. The molecule has 0 fully saturated rings. The third kappa shape index (κ3) is 2.02. The molecule has 0 saturated carbocycles. The Morgan fingerprint density at radius 3 is 2.87 bits per heavy atom. The lowest BCUT2D eigenvalue weighted by Crippen LogP contribution is -2.11. The molecule has 15 heavy (non-hydrogen) atoms. The second kappa shape index (κ2) is 3.92. The molecule has 0 aromatic heterocycles. The molecule has 1 aliphatic rings. The first kappa shape index (κ1) is 9.40. The summed E-state index contributed by atoms with van der Waals surface area (Å²) >= 11 is 0. The van der Waals surface area contributed by atoms with Gasteiger partial charge in [-0.05, 0) is 29.3 Å². The molecular formula is C12H11N3. The van der Waals surface area contributed by atoms with E-state index in [0.29, 0.717) is 0 Å². The van der Waals surface area contributed by atoms with Gasteiger partial charge in [-0.3, -0.25) is 10.4 Å². The van der Waals surface area contributed by atoms with Crippen LogP contribution in [0.4, 0.5) is 0 Å². The number of hydrogen-bond acceptors (Lipinski definition) is 2. The van der Waals surface area contributed by atoms with Crippen LogP contribution in [0.15, 0.2) is 35.5 Å². The topological polar surface area (TPSA) is 62.2 Å². The Kier molecular flexibility index (Phi) is 2.46. The third-order valence-corrected chi connectivity index (χ3v) is 2.19. The maximum absolute atomic E-state index is 7.36. The lowest BCUT2D eigenvalue weighted by molar-refractivity contribution is 1.42. The van der Waals surface area contributed by atoms with Gasteiger partial charge in [-0.1, -0.05) is 18.2 Å². The number of nitrogens with zero attached hydrogens (tertiary/aromatic N) is 1. The number of nitrogen functional groups attached to an aromatic ring is 1. The smallest absolute Gasteiger partial charge is 0.122 e. The highest BCUT2D eigenvalue weighted by atomic mass is 14.7. The fraction of sp³-hybridized carbons (Fsp3) is 0. The predicted molar refractivity (Wildman–Crippen MR) is 64.0 cm³/mol. The molecule has 0 atom stereocenters. The van der Waals surface area contributed by atoms with Crippen molar-refractivity contribution in [3.8, 4) is 0 Å². The number of nitrogens with one attached hydrogen (secondary N) is 1. The summed E-state index contributed by atoms with van der Waals surface area (Å²) in [4.78, 5) is 4.03. The van der Waals surface area contributed by atoms with Crippen LogP contribution in [0.5, 0.6) is 0 Å². The lowest BCUT2D eigenvalue weighted by atomic mass is 10.0. The van der Waals surface area contributed by atoms with Gasteiger partial charge in [-0.2, -0.15) is 0 Å². The Labute approximate surface area is 88.2 Å². The van der Waals surface area contributed by atoms with Gasteiger partial charge in [-0.25, -0.2) is 0 Å². The van der Waals surface area contributed by atoms with Crippen molar-refractivity contribution in [1.82, 2.24) is 0 Å². The Morgan fingerprint density at radius 2 is 2.07 bits per heavy atom. The van der Waals surface area contributed by atoms with E-state index in [9.17, 15) is 0 Å². The van der Waals surface area contributed by atoms with Gasteiger partial charge < -0.3 is 5.73 Å². The number of fused-ring (bicyclic) bond motifs is 1. The molecule has 3 nitrogen and oxygen atoms in total. The van der Waals surface area contributed by atoms with Gasteiger partial charge in [0.15, 0.2) is 0 Å². The minimum Gasteiger partial charge on any atom is -0.384 e. The summed E-state index contributed by atoms with van der Waals surface area (Å²) < 4.78 is 0. The molecule has 3 heteroatoms. The molecule has 3 N–H and O–H groups in total. The van der Waals surface area contributed by atoms with Crippen LogP contribution in [0.3, 0.4) is 0 Å². The van der Waals surface area contributed by atoms with E-state index in [0.717, 1.165) is 16.7 Å². The van der Waals surface area contributed by atoms with Crippen molar-refractivity contribution in [1.29, 1.82) is 5.41 Å². The summed E-state index contributed by atoms with van der Waals surface area (Å²) in [6.45, 7) is 0. The zero-order valence-corrected chi connectivity index (χ0v) is 8.14. The maximum Gasteiger partial charge on any atom is 0.122 e. The van der Waals surface area contributed by atoms with Gasteiger partial charge in [0.25, 0.3) is 0 Å². The van der Waals surface area contributed by atoms with E-state index in [1.165, 1.54) is 0 Å². The van der Waals surface area contributed by atoms with E-state index < -0.39 is 0 Å². The summed E-state index contributed by atoms with van der Waals surface area (Å²) in [7, 11) is 0. The van der Waals surface area contributed by atoms with Crippen molar-refractivity contribution in [3.63, 3.8) is 0 Å². The first-order valence-corrected chi connectivity index (χ1v) is 4.62. The molecule has 2 rings (SSSR count). The minimum atomic E-state index is 0.0888. The highest BCUT2D eigenvalue weighted by Gasteiger charge is 2.01. The van der Waals surface area contributed by atoms with Gasteiger partial charge in [-0.15, -0.1) is 0 Å². The number of benzene rings is 1. The minimum absolute atomic E-state index is 0.0888. The zero-order chi connectivity index (χ0) is 10.7. The quantitative estimate of drug-likeness (QED) is 0.525. The lowest BCUT2D eigenvalue weighted by Gasteiger charge is -2.05. The number of rotatable bonds is 1. The average Bonchev–Trinajstić information content (AvgIpc) is 2.18. The van der Waals surface area contributed by atoms with Crippen molar-refractivity contribution in [2.75, 3.05) is 0 Å². The number of allylic oxidation sites excluding steroid dienone is 1. The summed E-state index contributed by atoms with van der Waals surface area (Å²) in [5.41, 5.74) is 8.30. The molecule has 1 aromatic carbocycles. The van der Waals surface area contributed by atoms with Crippen LogP contribution < -0.4 is 5.73 Å². The second-order valence-corrected chi connectivity index (χ2v) is 3.23. The van der Waals surface area contributed by atoms with Crippen LogP contribution in [0, 0.1) is 5.41 Å². The summed E-state index contributed by atoms with van der Waals surface area (Å²) in [6.07, 6.45) is 9.22. The van der Waals surface area contributed by atoms with Crippen LogP contribution >= 0.6 is 0 Å². The van der Waals surface area contributed by atoms with E-state index >= 15 is 0 Å². The van der Waals surface area contributed by atoms with E-state index in [4.69, 9.17) is 11.1 Å². The van der Waals surface area contributed by atoms with Crippen molar-refractivity contribution in [2.24, 2.45) is 10.7 Å². The van der Waals surface area contributed by atoms with E-state index in [1.807, 2.05) is 36.4 Å².